The lowest BCUT2D eigenvalue weighted by Gasteiger charge is -2.11. The monoisotopic (exact) mass is 390 g/mol. The molecule has 148 valence electrons. The molecular weight excluding hydrogens is 372 g/mol. The molecule has 0 bridgehead atoms. The Morgan fingerprint density at radius 3 is 2.75 bits per heavy atom. The Kier molecular flexibility index (Phi) is 4.43. The Hall–Kier alpha value is -3.13. The number of nitrogen functional groups attached to an aromatic ring is 1. The van der Waals surface area contributed by atoms with Crippen molar-refractivity contribution in [2.75, 3.05) is 12.3 Å². The lowest BCUT2D eigenvalue weighted by molar-refractivity contribution is -0.117. The number of aromatic amines is 1. The van der Waals surface area contributed by atoms with Crippen molar-refractivity contribution in [3.63, 3.8) is 0 Å². The molecule has 4 heterocycles. The second kappa shape index (κ2) is 6.79. The van der Waals surface area contributed by atoms with Gasteiger partial charge in [-0.05, 0) is 5.56 Å². The molecule has 4 rings (SSSR count). The minimum atomic E-state index is -1.28. The molecule has 3 unspecified atom stereocenters. The number of carbonyl (C=O) groups excluding carboxylic acids is 1. The summed E-state index contributed by atoms with van der Waals surface area (Å²) in [7, 11) is 0. The molecule has 3 aromatic heterocycles. The number of nitrogens with zero attached hydrogens (tertiary/aromatic N) is 5. The number of ether oxygens (including phenoxy) is 1. The van der Waals surface area contributed by atoms with Crippen molar-refractivity contribution in [2.24, 2.45) is 5.73 Å². The summed E-state index contributed by atoms with van der Waals surface area (Å²) < 4.78 is 6.78. The van der Waals surface area contributed by atoms with E-state index >= 15 is 0 Å². The van der Waals surface area contributed by atoms with Crippen LogP contribution in [-0.2, 0) is 16.0 Å². The Morgan fingerprint density at radius 2 is 2.07 bits per heavy atom. The van der Waals surface area contributed by atoms with Gasteiger partial charge in [0.2, 0.25) is 5.91 Å². The lowest BCUT2D eigenvalue weighted by Crippen LogP contribution is -2.32. The summed E-state index contributed by atoms with van der Waals surface area (Å²) in [5.74, 6) is -0.103. The highest BCUT2D eigenvalue weighted by Gasteiger charge is 2.44. The second-order valence-electron chi connectivity index (χ2n) is 6.42. The zero-order valence-corrected chi connectivity index (χ0v) is 14.4. The van der Waals surface area contributed by atoms with Gasteiger partial charge in [-0.3, -0.25) is 4.79 Å². The van der Waals surface area contributed by atoms with Crippen molar-refractivity contribution in [3.8, 4) is 5.95 Å². The fourth-order valence-electron chi connectivity index (χ4n) is 3.05. The van der Waals surface area contributed by atoms with Crippen molar-refractivity contribution in [1.29, 1.82) is 0 Å². The zero-order chi connectivity index (χ0) is 20.0. The molecule has 4 atom stereocenters. The van der Waals surface area contributed by atoms with Crippen LogP contribution < -0.4 is 11.5 Å². The predicted octanol–water partition coefficient (Wildman–Crippen LogP) is -2.70. The highest BCUT2D eigenvalue weighted by atomic mass is 16.6. The van der Waals surface area contributed by atoms with Crippen LogP contribution in [0.15, 0.2) is 12.4 Å². The first-order chi connectivity index (χ1) is 13.4. The van der Waals surface area contributed by atoms with Gasteiger partial charge < -0.3 is 36.5 Å². The maximum atomic E-state index is 11.0. The number of aliphatic hydroxyl groups is 3. The topological polar surface area (TPSA) is 211 Å². The number of nitrogens with two attached hydrogens (primary N) is 2. The molecule has 1 fully saturated rings. The number of rotatable bonds is 5. The van der Waals surface area contributed by atoms with Gasteiger partial charge in [0.05, 0.1) is 19.2 Å². The van der Waals surface area contributed by atoms with E-state index < -0.39 is 36.9 Å². The molecule has 3 aromatic rings. The molecule has 0 spiro atoms. The number of aromatic nitrogens is 6. The van der Waals surface area contributed by atoms with Gasteiger partial charge in [0, 0.05) is 6.20 Å². The molecule has 13 nitrogen and oxygen atoms in total. The van der Waals surface area contributed by atoms with E-state index in [0.717, 1.165) is 0 Å². The lowest BCUT2D eigenvalue weighted by atomic mass is 10.1. The third-order valence-corrected chi connectivity index (χ3v) is 4.42. The summed E-state index contributed by atoms with van der Waals surface area (Å²) in [5, 5.41) is 33.3. The van der Waals surface area contributed by atoms with Crippen LogP contribution >= 0.6 is 0 Å². The van der Waals surface area contributed by atoms with Gasteiger partial charge in [0.1, 0.15) is 35.8 Å². The number of H-pyrrole nitrogens is 1. The number of hydrogen-bond acceptors (Lipinski definition) is 10. The van der Waals surface area contributed by atoms with E-state index in [1.165, 1.54) is 10.9 Å². The van der Waals surface area contributed by atoms with Crippen LogP contribution in [0, 0.1) is 0 Å². The average Bonchev–Trinajstić information content (AvgIpc) is 3.34. The zero-order valence-electron chi connectivity index (χ0n) is 14.4. The minimum absolute atomic E-state index is 0.0234. The highest BCUT2D eigenvalue weighted by molar-refractivity contribution is 5.82. The van der Waals surface area contributed by atoms with E-state index in [1.54, 1.807) is 6.20 Å². The van der Waals surface area contributed by atoms with Crippen LogP contribution in [0.1, 0.15) is 17.5 Å². The van der Waals surface area contributed by atoms with E-state index in [-0.39, 0.29) is 29.7 Å². The standard InChI is InChI=1S/C15H18N8O5/c16-7(25)1-5-2-18-23(3-5)15-20-12(17)8-13(22-15)21-14(19-8)11-10(27)9(26)6(4-24)28-11/h2-3,6,9-11,24,26-27H,1,4H2,(H2,16,25)(H3,17,19,20,21,22)/t6?,9?,10-,11?/m1/s1. The van der Waals surface area contributed by atoms with E-state index in [2.05, 4.69) is 25.0 Å². The third kappa shape index (κ3) is 3.05. The molecule has 0 saturated carbocycles. The largest absolute Gasteiger partial charge is 0.394 e. The van der Waals surface area contributed by atoms with Crippen LogP contribution in [0.2, 0.25) is 0 Å². The Morgan fingerprint density at radius 1 is 1.29 bits per heavy atom. The van der Waals surface area contributed by atoms with Crippen LogP contribution in [0.4, 0.5) is 5.82 Å². The molecule has 1 amide bonds. The van der Waals surface area contributed by atoms with E-state index in [1.807, 2.05) is 0 Å². The summed E-state index contributed by atoms with van der Waals surface area (Å²) in [5.41, 5.74) is 12.3. The molecule has 0 aromatic carbocycles. The van der Waals surface area contributed by atoms with Gasteiger partial charge in [-0.2, -0.15) is 15.1 Å². The fraction of sp³-hybridized carbons (Fsp3) is 0.400. The van der Waals surface area contributed by atoms with Gasteiger partial charge in [0.15, 0.2) is 11.5 Å². The molecular formula is C15H18N8O5. The van der Waals surface area contributed by atoms with Crippen molar-refractivity contribution in [2.45, 2.75) is 30.8 Å². The number of imidazole rings is 1. The summed E-state index contributed by atoms with van der Waals surface area (Å²) in [4.78, 5) is 26.6. The van der Waals surface area contributed by atoms with Gasteiger partial charge >= 0.3 is 0 Å². The summed E-state index contributed by atoms with van der Waals surface area (Å²) >= 11 is 0. The Balaban J connectivity index is 1.68. The molecule has 1 saturated heterocycles. The molecule has 8 N–H and O–H groups in total. The number of aliphatic hydroxyl groups excluding tert-OH is 3. The van der Waals surface area contributed by atoms with E-state index in [4.69, 9.17) is 16.2 Å². The number of hydrogen-bond donors (Lipinski definition) is 6. The van der Waals surface area contributed by atoms with Gasteiger partial charge in [0.25, 0.3) is 5.95 Å². The Labute approximate surface area is 157 Å². The number of primary amides is 1. The van der Waals surface area contributed by atoms with Crippen molar-refractivity contribution in [1.82, 2.24) is 29.7 Å². The normalized spacial score (nSPS) is 24.8. The predicted molar refractivity (Wildman–Crippen MR) is 92.8 cm³/mol. The number of nitrogens with one attached hydrogen (secondary N) is 1. The first-order valence-electron chi connectivity index (χ1n) is 8.35. The summed E-state index contributed by atoms with van der Waals surface area (Å²) in [6.07, 6.45) is -1.43. The number of amides is 1. The molecule has 0 aliphatic carbocycles. The quantitative estimate of drug-likeness (QED) is 0.265. The first-order valence-corrected chi connectivity index (χ1v) is 8.35. The highest BCUT2D eigenvalue weighted by Crippen LogP contribution is 2.33. The number of anilines is 1. The molecule has 1 aliphatic heterocycles. The second-order valence-corrected chi connectivity index (χ2v) is 6.42. The van der Waals surface area contributed by atoms with E-state index in [9.17, 15) is 20.1 Å². The first kappa shape index (κ1) is 18.2. The molecule has 1 aliphatic rings. The summed E-state index contributed by atoms with van der Waals surface area (Å²) in [6, 6.07) is 0. The average molecular weight is 390 g/mol. The van der Waals surface area contributed by atoms with Gasteiger partial charge in [-0.1, -0.05) is 0 Å². The smallest absolute Gasteiger partial charge is 0.254 e. The maximum Gasteiger partial charge on any atom is 0.254 e. The van der Waals surface area contributed by atoms with Crippen molar-refractivity contribution < 1.29 is 24.9 Å². The van der Waals surface area contributed by atoms with Gasteiger partial charge in [-0.25, -0.2) is 9.67 Å². The van der Waals surface area contributed by atoms with Crippen LogP contribution in [0.3, 0.4) is 0 Å². The van der Waals surface area contributed by atoms with Crippen LogP contribution in [0.25, 0.3) is 17.1 Å². The molecule has 0 radical (unpaired) electrons. The van der Waals surface area contributed by atoms with E-state index in [0.29, 0.717) is 11.1 Å². The van der Waals surface area contributed by atoms with Gasteiger partial charge in [-0.15, -0.1) is 0 Å². The van der Waals surface area contributed by atoms with Crippen molar-refractivity contribution >= 4 is 22.9 Å². The molecule has 13 heteroatoms. The molecule has 28 heavy (non-hydrogen) atoms. The Bertz CT molecular complexity index is 1030. The van der Waals surface area contributed by atoms with Crippen molar-refractivity contribution in [3.05, 3.63) is 23.8 Å². The SMILES string of the molecule is NC(=O)Cc1cnn(-c2nc(N)c3[nH]c(C4OC(CO)C(O)[C@H]4O)nc3n2)c1. The fourth-order valence-corrected chi connectivity index (χ4v) is 3.05. The number of carbonyl (C=O) groups is 1. The number of fused-ring (bicyclic) bond motifs is 1. The van der Waals surface area contributed by atoms with Crippen LogP contribution in [0.5, 0.6) is 0 Å². The summed E-state index contributed by atoms with van der Waals surface area (Å²) in [6.45, 7) is -0.450. The minimum Gasteiger partial charge on any atom is -0.394 e. The maximum absolute atomic E-state index is 11.0. The third-order valence-electron chi connectivity index (χ3n) is 4.42. The van der Waals surface area contributed by atoms with Crippen LogP contribution in [-0.4, -0.2) is 75.9 Å².